The maximum Gasteiger partial charge on any atom is 0.394 e. The monoisotopic (exact) mass is 316 g/mol. The molecule has 7 N–H and O–H groups in total. The molecular weight excluding hydrogens is 302 g/mol. The van der Waals surface area contributed by atoms with E-state index < -0.39 is 22.4 Å². The first-order chi connectivity index (χ1) is 9.02. The molecule has 1 aromatic carbocycles. The summed E-state index contributed by atoms with van der Waals surface area (Å²) >= 11 is 0. The fourth-order valence-corrected chi connectivity index (χ4v) is 1.15. The molecule has 0 amide bonds. The van der Waals surface area contributed by atoms with Gasteiger partial charge in [0.15, 0.2) is 5.78 Å². The third-order valence-corrected chi connectivity index (χ3v) is 1.98. The Kier molecular flexibility index (Phi) is 6.79. The molecule has 0 aliphatic carbocycles. The lowest BCUT2D eigenvalue weighted by atomic mass is 11.0. The van der Waals surface area contributed by atoms with E-state index in [1.165, 1.54) is 0 Å². The van der Waals surface area contributed by atoms with Gasteiger partial charge in [0.05, 0.1) is 0 Å². The van der Waals surface area contributed by atoms with Crippen molar-refractivity contribution >= 4 is 27.8 Å². The molecule has 0 saturated carbocycles. The molecule has 10 heteroatoms. The highest BCUT2D eigenvalue weighted by Crippen LogP contribution is 2.13. The Labute approximate surface area is 114 Å². The Morgan fingerprint density at radius 1 is 1.20 bits per heavy atom. The number of benzene rings is 1. The summed E-state index contributed by atoms with van der Waals surface area (Å²) in [6.07, 6.45) is -0.246. The lowest BCUT2D eigenvalue weighted by Gasteiger charge is -2.07. The van der Waals surface area contributed by atoms with E-state index in [4.69, 9.17) is 34.1 Å². The zero-order chi connectivity index (χ0) is 15.9. The summed E-state index contributed by atoms with van der Waals surface area (Å²) in [7, 11) is -4.67. The average Bonchev–Trinajstić information content (AvgIpc) is 2.26. The highest BCUT2D eigenvalue weighted by atomic mass is 32.3. The topological polar surface area (TPSA) is 181 Å². The van der Waals surface area contributed by atoms with E-state index in [-0.39, 0.29) is 12.2 Å². The lowest BCUT2D eigenvalue weighted by molar-refractivity contribution is -0.138. The Balaban J connectivity index is 0.000000621. The first-order valence-electron chi connectivity index (χ1n) is 5.08. The molecule has 0 saturated heterocycles. The summed E-state index contributed by atoms with van der Waals surface area (Å²) in [5.74, 6) is -1.55. The Bertz CT molecular complexity index is 577. The fourth-order valence-electron chi connectivity index (χ4n) is 1.15. The maximum atomic E-state index is 11.6. The van der Waals surface area contributed by atoms with E-state index in [1.807, 2.05) is 0 Å². The van der Waals surface area contributed by atoms with Crippen LogP contribution >= 0.6 is 0 Å². The summed E-state index contributed by atoms with van der Waals surface area (Å²) in [5, 5.41) is 8.54. The van der Waals surface area contributed by atoms with E-state index in [1.54, 1.807) is 24.3 Å². The average molecular weight is 316 g/mol. The Hall–Kier alpha value is -2.01. The van der Waals surface area contributed by atoms with Crippen LogP contribution in [0.15, 0.2) is 24.3 Å². The third-order valence-electron chi connectivity index (χ3n) is 1.98. The summed E-state index contributed by atoms with van der Waals surface area (Å²) in [5.41, 5.74) is 11.5. The van der Waals surface area contributed by atoms with E-state index >= 15 is 0 Å². The van der Waals surface area contributed by atoms with Crippen molar-refractivity contribution in [3.63, 3.8) is 0 Å². The molecule has 0 bridgehead atoms. The highest BCUT2D eigenvalue weighted by molar-refractivity contribution is 7.79. The number of carboxylic acid groups (broad SMARTS) is 1. The molecule has 1 rings (SSSR count). The first-order valence-corrected chi connectivity index (χ1v) is 6.48. The quantitative estimate of drug-likeness (QED) is 0.213. The second-order valence-corrected chi connectivity index (χ2v) is 4.50. The van der Waals surface area contributed by atoms with Crippen LogP contribution in [0.2, 0.25) is 0 Å². The molecule has 9 nitrogen and oxygen atoms in total. The minimum atomic E-state index is -4.67. The molecule has 1 aromatic rings. The molecule has 0 fully saturated rings. The minimum Gasteiger partial charge on any atom is -0.480 e. The molecule has 1 atom stereocenters. The second-order valence-electron chi connectivity index (χ2n) is 3.61. The minimum absolute atomic E-state index is 0.246. The number of Topliss-reactive ketones (excluding diaryl/α,β-unsaturated/α-hetero) is 1. The predicted octanol–water partition coefficient (Wildman–Crippen LogP) is -0.399. The van der Waals surface area contributed by atoms with Gasteiger partial charge in [-0.05, 0) is 12.1 Å². The molecular formula is C10H14N2O7S. The number of nitrogen functional groups attached to an aromatic ring is 1. The predicted molar refractivity (Wildman–Crippen MR) is 69.6 cm³/mol. The van der Waals surface area contributed by atoms with Gasteiger partial charge in [0.2, 0.25) is 0 Å². The van der Waals surface area contributed by atoms with Crippen LogP contribution in [-0.2, 0) is 15.2 Å². The number of para-hydroxylation sites is 1. The van der Waals surface area contributed by atoms with Gasteiger partial charge in [-0.2, -0.15) is 8.42 Å². The van der Waals surface area contributed by atoms with Crippen molar-refractivity contribution in [3.05, 3.63) is 29.8 Å². The van der Waals surface area contributed by atoms with Crippen LogP contribution in [0.4, 0.5) is 5.69 Å². The van der Waals surface area contributed by atoms with Gasteiger partial charge in [-0.15, -0.1) is 0 Å². The van der Waals surface area contributed by atoms with Crippen molar-refractivity contribution in [1.82, 2.24) is 0 Å². The number of anilines is 1. The van der Waals surface area contributed by atoms with Gasteiger partial charge < -0.3 is 16.6 Å². The maximum absolute atomic E-state index is 11.6. The number of rotatable bonds is 4. The smallest absolute Gasteiger partial charge is 0.394 e. The molecule has 0 unspecified atom stereocenters. The van der Waals surface area contributed by atoms with Gasteiger partial charge >= 0.3 is 16.4 Å². The summed E-state index contributed by atoms with van der Waals surface area (Å²) in [6, 6.07) is 5.31. The van der Waals surface area contributed by atoms with E-state index in [0.717, 1.165) is 0 Å². The largest absolute Gasteiger partial charge is 0.480 e. The van der Waals surface area contributed by atoms with Crippen molar-refractivity contribution in [2.45, 2.75) is 12.5 Å². The lowest BCUT2D eigenvalue weighted by Crippen LogP contribution is -2.32. The molecule has 20 heavy (non-hydrogen) atoms. The van der Waals surface area contributed by atoms with Crippen LogP contribution in [-0.4, -0.2) is 40.4 Å². The van der Waals surface area contributed by atoms with Crippen LogP contribution in [0.1, 0.15) is 16.8 Å². The van der Waals surface area contributed by atoms with Crippen LogP contribution in [0.25, 0.3) is 0 Å². The second kappa shape index (κ2) is 7.55. The van der Waals surface area contributed by atoms with Crippen LogP contribution in [0.3, 0.4) is 0 Å². The van der Waals surface area contributed by atoms with Crippen molar-refractivity contribution in [1.29, 1.82) is 0 Å². The number of carbonyl (C=O) groups is 2. The van der Waals surface area contributed by atoms with Crippen molar-refractivity contribution < 1.29 is 32.2 Å². The normalized spacial score (nSPS) is 11.9. The van der Waals surface area contributed by atoms with E-state index in [0.29, 0.717) is 11.3 Å². The van der Waals surface area contributed by atoms with Crippen molar-refractivity contribution in [3.8, 4) is 0 Å². The van der Waals surface area contributed by atoms with E-state index in [2.05, 4.69) is 0 Å². The zero-order valence-corrected chi connectivity index (χ0v) is 10.9. The fraction of sp³-hybridized carbons (Fsp3) is 0.200. The van der Waals surface area contributed by atoms with Crippen molar-refractivity contribution in [2.24, 2.45) is 5.73 Å². The van der Waals surface area contributed by atoms with Crippen LogP contribution in [0.5, 0.6) is 0 Å². The summed E-state index contributed by atoms with van der Waals surface area (Å²) in [4.78, 5) is 22.0. The number of aliphatic carboxylic acids is 1. The van der Waals surface area contributed by atoms with Gasteiger partial charge in [-0.25, -0.2) is 0 Å². The van der Waals surface area contributed by atoms with Crippen molar-refractivity contribution in [2.75, 3.05) is 5.73 Å². The number of nitrogens with two attached hydrogens (primary N) is 2. The van der Waals surface area contributed by atoms with Gasteiger partial charge in [-0.1, -0.05) is 12.1 Å². The third kappa shape index (κ3) is 8.16. The van der Waals surface area contributed by atoms with Crippen LogP contribution in [0, 0.1) is 0 Å². The number of hydrogen-bond acceptors (Lipinski definition) is 6. The van der Waals surface area contributed by atoms with Gasteiger partial charge in [0.25, 0.3) is 0 Å². The molecule has 0 heterocycles. The molecule has 0 aliphatic heterocycles. The van der Waals surface area contributed by atoms with E-state index in [9.17, 15) is 9.59 Å². The molecule has 0 aromatic heterocycles. The van der Waals surface area contributed by atoms with Gasteiger partial charge in [0, 0.05) is 17.7 Å². The standard InChI is InChI=1S/C10H12N2O3.H2O4S/c11-7-4-2-1-3-6(7)9(13)5-8(12)10(14)15;1-5(2,3)4/h1-4,8H,5,11-12H2,(H,14,15);(H2,1,2,3,4)/t8-;/m0./s1/i1+1,2+1,3+1,4+1,5+1,6+1,7+1,8+1,9+1,10+1;. The number of carbonyl (C=O) groups excluding carboxylic acids is 1. The molecule has 112 valence electrons. The molecule has 0 radical (unpaired) electrons. The number of carboxylic acids is 1. The summed E-state index contributed by atoms with van der Waals surface area (Å²) < 4.78 is 31.6. The first kappa shape index (κ1) is 18.0. The Morgan fingerprint density at radius 2 is 1.65 bits per heavy atom. The Morgan fingerprint density at radius 3 is 2.05 bits per heavy atom. The van der Waals surface area contributed by atoms with Gasteiger partial charge in [-0.3, -0.25) is 18.7 Å². The number of hydrogen-bond donors (Lipinski definition) is 5. The zero-order valence-electron chi connectivity index (χ0n) is 10.1. The SMILES string of the molecule is N[13c]1[13cH][13cH][13cH][13cH][13c]1[13C](=O)[13CH2][13C@H](N)[13C](=O)O.O=S(=O)(O)O. The van der Waals surface area contributed by atoms with Gasteiger partial charge in [0.1, 0.15) is 6.04 Å². The van der Waals surface area contributed by atoms with Crippen LogP contribution < -0.4 is 11.5 Å². The molecule has 0 spiro atoms. The highest BCUT2D eigenvalue weighted by Gasteiger charge is 2.18. The molecule has 0 aliphatic rings. The number of ketones is 1. The summed E-state index contributed by atoms with van der Waals surface area (Å²) in [6.45, 7) is 0.